The molecule has 0 spiro atoms. The third-order valence-corrected chi connectivity index (χ3v) is 8.39. The second-order valence-electron chi connectivity index (χ2n) is 8.69. The number of anilines is 1. The average molecular weight is 553 g/mol. The number of sulfonamides is 1. The van der Waals surface area contributed by atoms with Crippen LogP contribution in [0.25, 0.3) is 11.5 Å². The summed E-state index contributed by atoms with van der Waals surface area (Å²) in [6.07, 6.45) is 0.686. The predicted octanol–water partition coefficient (Wildman–Crippen LogP) is 5.97. The van der Waals surface area contributed by atoms with E-state index >= 15 is 0 Å². The van der Waals surface area contributed by atoms with E-state index < -0.39 is 10.0 Å². The summed E-state index contributed by atoms with van der Waals surface area (Å²) < 4.78 is 34.5. The van der Waals surface area contributed by atoms with Gasteiger partial charge in [0, 0.05) is 18.7 Å². The van der Waals surface area contributed by atoms with E-state index in [0.29, 0.717) is 34.8 Å². The highest BCUT2D eigenvalue weighted by Gasteiger charge is 2.27. The van der Waals surface area contributed by atoms with Gasteiger partial charge in [0.2, 0.25) is 11.8 Å². The van der Waals surface area contributed by atoms with Gasteiger partial charge in [-0.05, 0) is 62.2 Å². The lowest BCUT2D eigenvalue weighted by Gasteiger charge is -2.25. The van der Waals surface area contributed by atoms with Crippen LogP contribution in [-0.2, 0) is 16.6 Å². The van der Waals surface area contributed by atoms with E-state index in [4.69, 9.17) is 16.0 Å². The van der Waals surface area contributed by atoms with E-state index in [1.807, 2.05) is 19.1 Å². The minimum atomic E-state index is -3.91. The number of carbonyl (C=O) groups excluding carboxylic acids is 1. The average Bonchev–Trinajstić information content (AvgIpc) is 3.37. The lowest BCUT2D eigenvalue weighted by molar-refractivity contribution is 0.0728. The van der Waals surface area contributed by atoms with Crippen LogP contribution >= 0.6 is 11.6 Å². The Morgan fingerprint density at radius 1 is 0.974 bits per heavy atom. The van der Waals surface area contributed by atoms with E-state index in [9.17, 15) is 13.2 Å². The van der Waals surface area contributed by atoms with Gasteiger partial charge in [-0.25, -0.2) is 8.42 Å². The maximum Gasteiger partial charge on any atom is 0.264 e. The molecule has 38 heavy (non-hydrogen) atoms. The molecule has 1 heterocycles. The van der Waals surface area contributed by atoms with E-state index in [0.717, 1.165) is 0 Å². The van der Waals surface area contributed by atoms with Crippen LogP contribution in [0.4, 0.5) is 5.69 Å². The molecule has 10 heteroatoms. The molecule has 1 aromatic heterocycles. The summed E-state index contributed by atoms with van der Waals surface area (Å²) in [6, 6.07) is 20.8. The van der Waals surface area contributed by atoms with E-state index in [1.54, 1.807) is 73.3 Å². The van der Waals surface area contributed by atoms with Crippen molar-refractivity contribution in [3.8, 4) is 11.5 Å². The van der Waals surface area contributed by atoms with Crippen molar-refractivity contribution in [2.45, 2.75) is 38.6 Å². The van der Waals surface area contributed by atoms with Crippen LogP contribution in [0.1, 0.15) is 42.1 Å². The molecule has 0 saturated carbocycles. The number of hydrogen-bond acceptors (Lipinski definition) is 6. The van der Waals surface area contributed by atoms with Crippen molar-refractivity contribution in [3.05, 3.63) is 94.8 Å². The summed E-state index contributed by atoms with van der Waals surface area (Å²) >= 11 is 6.25. The quantitative estimate of drug-likeness (QED) is 0.240. The van der Waals surface area contributed by atoms with Gasteiger partial charge >= 0.3 is 0 Å². The largest absolute Gasteiger partial charge is 0.419 e. The van der Waals surface area contributed by atoms with E-state index in [1.165, 1.54) is 10.4 Å². The number of aromatic nitrogens is 2. The van der Waals surface area contributed by atoms with Crippen LogP contribution in [0.3, 0.4) is 0 Å². The number of rotatable bonds is 10. The highest BCUT2D eigenvalue weighted by atomic mass is 35.5. The van der Waals surface area contributed by atoms with E-state index in [-0.39, 0.29) is 41.2 Å². The molecule has 4 aromatic rings. The zero-order chi connectivity index (χ0) is 27.3. The molecule has 198 valence electrons. The van der Waals surface area contributed by atoms with Crippen LogP contribution in [0.5, 0.6) is 0 Å². The Labute approximate surface area is 227 Å². The maximum atomic E-state index is 13.7. The van der Waals surface area contributed by atoms with Crippen molar-refractivity contribution < 1.29 is 17.6 Å². The molecule has 4 rings (SSSR count). The van der Waals surface area contributed by atoms with Gasteiger partial charge in [0.15, 0.2) is 0 Å². The Morgan fingerprint density at radius 2 is 1.68 bits per heavy atom. The molecule has 3 aromatic carbocycles. The normalized spacial score (nSPS) is 11.4. The van der Waals surface area contributed by atoms with Crippen LogP contribution in [-0.4, -0.2) is 42.5 Å². The Balaban J connectivity index is 1.63. The zero-order valence-electron chi connectivity index (χ0n) is 21.5. The molecule has 0 aliphatic heterocycles. The maximum absolute atomic E-state index is 13.7. The fraction of sp³-hybridized carbons (Fsp3) is 0.250. The number of carbonyl (C=O) groups is 1. The molecule has 0 unspecified atom stereocenters. The van der Waals surface area contributed by atoms with Gasteiger partial charge in [-0.15, -0.1) is 10.2 Å². The number of para-hydroxylation sites is 1. The highest BCUT2D eigenvalue weighted by Crippen LogP contribution is 2.28. The number of aryl methyl sites for hydroxylation is 1. The SMILES string of the molecule is CCCN(Cc1nnc(-c2ccccc2Cl)o1)C(=O)c1ccc(C)c(S(=O)(=O)N(CC)c2ccccc2)c1. The number of hydrogen-bond donors (Lipinski definition) is 0. The van der Waals surface area contributed by atoms with Crippen molar-refractivity contribution in [1.29, 1.82) is 0 Å². The minimum absolute atomic E-state index is 0.0746. The molecule has 0 aliphatic carbocycles. The minimum Gasteiger partial charge on any atom is -0.419 e. The van der Waals surface area contributed by atoms with Crippen molar-refractivity contribution in [1.82, 2.24) is 15.1 Å². The van der Waals surface area contributed by atoms with Gasteiger partial charge in [-0.1, -0.05) is 54.9 Å². The number of nitrogens with zero attached hydrogens (tertiary/aromatic N) is 4. The van der Waals surface area contributed by atoms with E-state index in [2.05, 4.69) is 10.2 Å². The lowest BCUT2D eigenvalue weighted by atomic mass is 10.1. The van der Waals surface area contributed by atoms with Gasteiger partial charge < -0.3 is 9.32 Å². The van der Waals surface area contributed by atoms with Gasteiger partial charge in [0.1, 0.15) is 0 Å². The molecular formula is C28H29ClN4O4S. The smallest absolute Gasteiger partial charge is 0.264 e. The second-order valence-corrected chi connectivity index (χ2v) is 10.9. The Bertz CT molecular complexity index is 1520. The monoisotopic (exact) mass is 552 g/mol. The summed E-state index contributed by atoms with van der Waals surface area (Å²) in [4.78, 5) is 15.2. The Morgan fingerprint density at radius 3 is 2.37 bits per heavy atom. The van der Waals surface area contributed by atoms with Gasteiger partial charge in [-0.2, -0.15) is 0 Å². The first-order valence-electron chi connectivity index (χ1n) is 12.3. The van der Waals surface area contributed by atoms with Crippen LogP contribution in [0, 0.1) is 6.92 Å². The highest BCUT2D eigenvalue weighted by molar-refractivity contribution is 7.92. The third-order valence-electron chi connectivity index (χ3n) is 6.01. The zero-order valence-corrected chi connectivity index (χ0v) is 23.0. The first kappa shape index (κ1) is 27.3. The van der Waals surface area contributed by atoms with Crippen LogP contribution < -0.4 is 4.31 Å². The lowest BCUT2D eigenvalue weighted by Crippen LogP contribution is -2.33. The Kier molecular flexibility index (Phi) is 8.48. The molecule has 0 N–H and O–H groups in total. The molecule has 1 amide bonds. The fourth-order valence-corrected chi connectivity index (χ4v) is 6.09. The van der Waals surface area contributed by atoms with Crippen LogP contribution in [0.2, 0.25) is 5.02 Å². The molecule has 0 fully saturated rings. The number of benzene rings is 3. The summed E-state index contributed by atoms with van der Waals surface area (Å²) in [7, 11) is -3.91. The summed E-state index contributed by atoms with van der Waals surface area (Å²) in [6.45, 7) is 6.19. The summed E-state index contributed by atoms with van der Waals surface area (Å²) in [5.41, 5.74) is 1.98. The molecule has 8 nitrogen and oxygen atoms in total. The predicted molar refractivity (Wildman–Crippen MR) is 148 cm³/mol. The van der Waals surface area contributed by atoms with Gasteiger partial charge in [0.25, 0.3) is 15.9 Å². The molecule has 0 atom stereocenters. The van der Waals surface area contributed by atoms with Crippen molar-refractivity contribution in [2.24, 2.45) is 0 Å². The van der Waals surface area contributed by atoms with Crippen molar-refractivity contribution in [2.75, 3.05) is 17.4 Å². The summed E-state index contributed by atoms with van der Waals surface area (Å²) in [5, 5.41) is 8.66. The standard InChI is InChI=1S/C28H29ClN4O4S/c1-4-17-32(19-26-30-31-27(37-26)23-13-9-10-14-24(23)29)28(34)21-16-15-20(3)25(18-21)38(35,36)33(5-2)22-11-7-6-8-12-22/h6-16,18H,4-5,17,19H2,1-3H3. The van der Waals surface area contributed by atoms with Crippen molar-refractivity contribution >= 4 is 33.2 Å². The summed E-state index contributed by atoms with van der Waals surface area (Å²) in [5.74, 6) is 0.185. The topological polar surface area (TPSA) is 96.6 Å². The van der Waals surface area contributed by atoms with Crippen LogP contribution in [0.15, 0.2) is 82.1 Å². The molecular weight excluding hydrogens is 524 g/mol. The molecule has 0 bridgehead atoms. The van der Waals surface area contributed by atoms with Gasteiger partial charge in [0.05, 0.1) is 27.7 Å². The first-order chi connectivity index (χ1) is 18.3. The Hall–Kier alpha value is -3.69. The second kappa shape index (κ2) is 11.8. The van der Waals surface area contributed by atoms with Gasteiger partial charge in [-0.3, -0.25) is 9.10 Å². The molecule has 0 saturated heterocycles. The fourth-order valence-electron chi connectivity index (χ4n) is 4.14. The molecule has 0 aliphatic rings. The third kappa shape index (κ3) is 5.74. The number of amides is 1. The van der Waals surface area contributed by atoms with Crippen molar-refractivity contribution in [3.63, 3.8) is 0 Å². The first-order valence-corrected chi connectivity index (χ1v) is 14.1. The number of halogens is 1. The molecule has 0 radical (unpaired) electrons.